The van der Waals surface area contributed by atoms with Gasteiger partial charge in [0.1, 0.15) is 11.8 Å². The van der Waals surface area contributed by atoms with Crippen LogP contribution in [0, 0.1) is 11.3 Å². The maximum atomic E-state index is 11.1. The number of hydrogen-bond acceptors (Lipinski definition) is 5. The third kappa shape index (κ3) is 3.39. The van der Waals surface area contributed by atoms with Gasteiger partial charge in [0, 0.05) is 54.6 Å². The molecule has 0 aliphatic rings. The predicted molar refractivity (Wildman–Crippen MR) is 107 cm³/mol. The van der Waals surface area contributed by atoms with Crippen molar-refractivity contribution in [3.05, 3.63) is 47.4 Å². The monoisotopic (exact) mass is 363 g/mol. The molecule has 2 aromatic heterocycles. The molecule has 6 heteroatoms. The van der Waals surface area contributed by atoms with E-state index in [1.165, 1.54) is 0 Å². The van der Waals surface area contributed by atoms with E-state index in [1.54, 1.807) is 12.4 Å². The molecule has 0 fully saturated rings. The largest absolute Gasteiger partial charge is 0.507 e. The molecular weight excluding hydrogens is 338 g/mol. The van der Waals surface area contributed by atoms with E-state index in [9.17, 15) is 10.4 Å². The van der Waals surface area contributed by atoms with E-state index in [-0.39, 0.29) is 5.75 Å². The Morgan fingerprint density at radius 1 is 1.19 bits per heavy atom. The van der Waals surface area contributed by atoms with Crippen molar-refractivity contribution in [2.45, 2.75) is 13.1 Å². The van der Waals surface area contributed by atoms with Gasteiger partial charge in [-0.1, -0.05) is 6.07 Å². The maximum absolute atomic E-state index is 11.1. The van der Waals surface area contributed by atoms with Gasteiger partial charge in [0.15, 0.2) is 0 Å². The lowest BCUT2D eigenvalue weighted by molar-refractivity contribution is 0.388. The molecule has 0 spiro atoms. The second-order valence-electron chi connectivity index (χ2n) is 7.36. The fourth-order valence-corrected chi connectivity index (χ4v) is 3.53. The highest BCUT2D eigenvalue weighted by Gasteiger charge is 2.23. The van der Waals surface area contributed by atoms with Gasteiger partial charge in [0.25, 0.3) is 0 Å². The molecule has 3 rings (SSSR count). The molecule has 0 aliphatic carbocycles. The van der Waals surface area contributed by atoms with Gasteiger partial charge in [-0.15, -0.1) is 0 Å². The lowest BCUT2D eigenvalue weighted by atomic mass is 9.97. The topological polar surface area (TPSA) is 68.3 Å². The summed E-state index contributed by atoms with van der Waals surface area (Å²) in [5.74, 6) is 0.211. The average molecular weight is 363 g/mol. The summed E-state index contributed by atoms with van der Waals surface area (Å²) in [5, 5.41) is 21.8. The van der Waals surface area contributed by atoms with Crippen LogP contribution in [0.2, 0.25) is 0 Å². The van der Waals surface area contributed by atoms with Crippen LogP contribution in [-0.4, -0.2) is 52.6 Å². The summed E-state index contributed by atoms with van der Waals surface area (Å²) in [4.78, 5) is 8.23. The second kappa shape index (κ2) is 7.39. The number of phenolic OH excluding ortho intramolecular Hbond substituents is 1. The molecule has 2 heterocycles. The molecule has 1 aromatic carbocycles. The van der Waals surface area contributed by atoms with Gasteiger partial charge in [-0.3, -0.25) is 4.98 Å². The highest BCUT2D eigenvalue weighted by atomic mass is 16.3. The Balaban J connectivity index is 2.41. The molecule has 27 heavy (non-hydrogen) atoms. The van der Waals surface area contributed by atoms with Crippen LogP contribution in [0.5, 0.6) is 5.75 Å². The van der Waals surface area contributed by atoms with Crippen molar-refractivity contribution < 1.29 is 5.11 Å². The number of aromatic hydroxyl groups is 1. The van der Waals surface area contributed by atoms with E-state index in [0.717, 1.165) is 33.3 Å². The summed E-state index contributed by atoms with van der Waals surface area (Å²) in [6.45, 7) is 1.19. The number of pyridine rings is 1. The SMILES string of the molecule is CN(C)Cc1c(O)c(-c2cccnc2)cc2c1c(C#N)c(CN(C)C)n2C. The number of hydrogen-bond donors (Lipinski definition) is 1. The molecule has 0 amide bonds. The normalized spacial score (nSPS) is 11.5. The zero-order valence-electron chi connectivity index (χ0n) is 16.5. The first-order valence-electron chi connectivity index (χ1n) is 8.81. The summed E-state index contributed by atoms with van der Waals surface area (Å²) in [5.41, 5.74) is 4.87. The molecule has 3 aromatic rings. The minimum absolute atomic E-state index is 0.211. The van der Waals surface area contributed by atoms with Crippen molar-refractivity contribution in [2.75, 3.05) is 28.2 Å². The van der Waals surface area contributed by atoms with Gasteiger partial charge in [-0.25, -0.2) is 0 Å². The van der Waals surface area contributed by atoms with Crippen LogP contribution in [0.1, 0.15) is 16.8 Å². The fourth-order valence-electron chi connectivity index (χ4n) is 3.53. The Hall–Kier alpha value is -2.88. The number of aryl methyl sites for hydroxylation is 1. The molecule has 1 N–H and O–H groups in total. The first-order chi connectivity index (χ1) is 12.8. The summed E-state index contributed by atoms with van der Waals surface area (Å²) in [6, 6.07) is 8.12. The molecule has 0 saturated carbocycles. The minimum Gasteiger partial charge on any atom is -0.507 e. The van der Waals surface area contributed by atoms with Crippen molar-refractivity contribution in [1.82, 2.24) is 19.4 Å². The Labute approximate surface area is 159 Å². The maximum Gasteiger partial charge on any atom is 0.128 e. The van der Waals surface area contributed by atoms with Crippen molar-refractivity contribution >= 4 is 10.9 Å². The molecule has 140 valence electrons. The lowest BCUT2D eigenvalue weighted by Gasteiger charge is -2.16. The summed E-state index contributed by atoms with van der Waals surface area (Å²) < 4.78 is 2.06. The molecule has 0 radical (unpaired) electrons. The molecule has 0 bridgehead atoms. The van der Waals surface area contributed by atoms with Gasteiger partial charge in [0.05, 0.1) is 16.8 Å². The van der Waals surface area contributed by atoms with E-state index < -0.39 is 0 Å². The Morgan fingerprint density at radius 3 is 2.44 bits per heavy atom. The predicted octanol–water partition coefficient (Wildman–Crippen LogP) is 2.94. The molecule has 0 saturated heterocycles. The van der Waals surface area contributed by atoms with Crippen LogP contribution >= 0.6 is 0 Å². The van der Waals surface area contributed by atoms with Gasteiger partial charge < -0.3 is 19.5 Å². The van der Waals surface area contributed by atoms with E-state index in [1.807, 2.05) is 63.2 Å². The third-order valence-corrected chi connectivity index (χ3v) is 4.71. The van der Waals surface area contributed by atoms with Gasteiger partial charge in [0.2, 0.25) is 0 Å². The highest BCUT2D eigenvalue weighted by molar-refractivity contribution is 5.97. The number of benzene rings is 1. The highest BCUT2D eigenvalue weighted by Crippen LogP contribution is 2.41. The number of nitriles is 1. The van der Waals surface area contributed by atoms with Gasteiger partial charge >= 0.3 is 0 Å². The number of rotatable bonds is 5. The molecule has 0 unspecified atom stereocenters. The van der Waals surface area contributed by atoms with E-state index in [4.69, 9.17) is 0 Å². The van der Waals surface area contributed by atoms with Crippen molar-refractivity contribution in [3.63, 3.8) is 0 Å². The zero-order valence-corrected chi connectivity index (χ0v) is 16.5. The van der Waals surface area contributed by atoms with E-state index in [0.29, 0.717) is 18.7 Å². The average Bonchev–Trinajstić information content (AvgIpc) is 2.88. The summed E-state index contributed by atoms with van der Waals surface area (Å²) in [6.07, 6.45) is 3.46. The van der Waals surface area contributed by atoms with E-state index in [2.05, 4.69) is 15.6 Å². The zero-order chi connectivity index (χ0) is 19.7. The Morgan fingerprint density at radius 2 is 1.89 bits per heavy atom. The van der Waals surface area contributed by atoms with Crippen molar-refractivity contribution in [2.24, 2.45) is 7.05 Å². The van der Waals surface area contributed by atoms with Crippen LogP contribution in [0.25, 0.3) is 22.0 Å². The fraction of sp³-hybridized carbons (Fsp3) is 0.333. The Bertz CT molecular complexity index is 1010. The number of aromatic nitrogens is 2. The Kier molecular flexibility index (Phi) is 5.17. The number of phenols is 1. The lowest BCUT2D eigenvalue weighted by Crippen LogP contribution is -2.14. The van der Waals surface area contributed by atoms with Crippen LogP contribution in [0.4, 0.5) is 0 Å². The summed E-state index contributed by atoms with van der Waals surface area (Å²) in [7, 11) is 9.86. The molecule has 6 nitrogen and oxygen atoms in total. The smallest absolute Gasteiger partial charge is 0.128 e. The molecular formula is C21H25N5O. The second-order valence-corrected chi connectivity index (χ2v) is 7.36. The standard InChI is InChI=1S/C21H25N5O/c1-24(2)12-17-20-16(10-22)19(13-25(3)4)26(5)18(20)9-15(21(17)27)14-7-6-8-23-11-14/h6-9,11,27H,12-13H2,1-5H3. The minimum atomic E-state index is 0.211. The van der Waals surface area contributed by atoms with Crippen LogP contribution < -0.4 is 0 Å². The quantitative estimate of drug-likeness (QED) is 0.755. The van der Waals surface area contributed by atoms with Crippen molar-refractivity contribution in [1.29, 1.82) is 5.26 Å². The van der Waals surface area contributed by atoms with Gasteiger partial charge in [-0.05, 0) is 40.3 Å². The van der Waals surface area contributed by atoms with Crippen LogP contribution in [-0.2, 0) is 20.1 Å². The van der Waals surface area contributed by atoms with Crippen LogP contribution in [0.15, 0.2) is 30.6 Å². The van der Waals surface area contributed by atoms with Gasteiger partial charge in [-0.2, -0.15) is 5.26 Å². The number of fused-ring (bicyclic) bond motifs is 1. The third-order valence-electron chi connectivity index (χ3n) is 4.71. The first kappa shape index (κ1) is 18.9. The van der Waals surface area contributed by atoms with Crippen LogP contribution in [0.3, 0.4) is 0 Å². The summed E-state index contributed by atoms with van der Waals surface area (Å²) >= 11 is 0. The molecule has 0 atom stereocenters. The molecule has 0 aliphatic heterocycles. The van der Waals surface area contributed by atoms with E-state index >= 15 is 0 Å². The number of nitrogens with zero attached hydrogens (tertiary/aromatic N) is 5. The van der Waals surface area contributed by atoms with Crippen molar-refractivity contribution in [3.8, 4) is 22.9 Å². The first-order valence-corrected chi connectivity index (χ1v) is 8.81.